The lowest BCUT2D eigenvalue weighted by molar-refractivity contribution is 0.0593. The first-order valence-electron chi connectivity index (χ1n) is 8.38. The van der Waals surface area contributed by atoms with Gasteiger partial charge in [-0.3, -0.25) is 0 Å². The molecule has 0 saturated carbocycles. The molecule has 0 aliphatic rings. The van der Waals surface area contributed by atoms with E-state index in [4.69, 9.17) is 4.74 Å². The van der Waals surface area contributed by atoms with Crippen molar-refractivity contribution in [1.82, 2.24) is 4.98 Å². The highest BCUT2D eigenvalue weighted by Gasteiger charge is 2.17. The van der Waals surface area contributed by atoms with Crippen LogP contribution in [0.1, 0.15) is 28.5 Å². The van der Waals surface area contributed by atoms with Crippen LogP contribution >= 0.6 is 0 Å². The Bertz CT molecular complexity index is 884. The van der Waals surface area contributed by atoms with Crippen LogP contribution in [0.2, 0.25) is 0 Å². The predicted molar refractivity (Wildman–Crippen MR) is 101 cm³/mol. The molecule has 0 unspecified atom stereocenters. The molecule has 0 fully saturated rings. The van der Waals surface area contributed by atoms with Crippen LogP contribution in [0.25, 0.3) is 22.4 Å². The fourth-order valence-corrected chi connectivity index (χ4v) is 2.87. The number of hydrogen-bond donors (Lipinski definition) is 0. The van der Waals surface area contributed by atoms with Crippen molar-refractivity contribution in [2.45, 2.75) is 20.3 Å². The lowest BCUT2D eigenvalue weighted by Crippen LogP contribution is -2.08. The van der Waals surface area contributed by atoms with Gasteiger partial charge in [-0.25, -0.2) is 9.78 Å². The molecule has 126 valence electrons. The Morgan fingerprint density at radius 1 is 1.00 bits per heavy atom. The predicted octanol–water partition coefficient (Wildman–Crippen LogP) is 5.07. The van der Waals surface area contributed by atoms with Crippen molar-refractivity contribution in [2.75, 3.05) is 7.11 Å². The second kappa shape index (κ2) is 7.31. The maximum absolute atomic E-state index is 12.1. The Morgan fingerprint density at radius 2 is 1.68 bits per heavy atom. The van der Waals surface area contributed by atoms with E-state index in [-0.39, 0.29) is 0 Å². The minimum absolute atomic E-state index is 0.357. The highest BCUT2D eigenvalue weighted by molar-refractivity contribution is 5.92. The molecule has 3 rings (SSSR count). The monoisotopic (exact) mass is 331 g/mol. The topological polar surface area (TPSA) is 39.2 Å². The highest BCUT2D eigenvalue weighted by Crippen LogP contribution is 2.32. The molecule has 0 saturated heterocycles. The van der Waals surface area contributed by atoms with Gasteiger partial charge in [0.15, 0.2) is 5.69 Å². The lowest BCUT2D eigenvalue weighted by atomic mass is 9.96. The van der Waals surface area contributed by atoms with Crippen LogP contribution in [-0.4, -0.2) is 18.1 Å². The minimum Gasteiger partial charge on any atom is -0.464 e. The molecule has 25 heavy (non-hydrogen) atoms. The molecule has 1 aromatic heterocycles. The number of carbonyl (C=O) groups excluding carboxylic acids is 1. The summed E-state index contributed by atoms with van der Waals surface area (Å²) in [6, 6.07) is 20.4. The number of hydrogen-bond acceptors (Lipinski definition) is 3. The molecule has 0 N–H and O–H groups in total. The van der Waals surface area contributed by atoms with Crippen molar-refractivity contribution in [3.05, 3.63) is 77.5 Å². The van der Waals surface area contributed by atoms with E-state index in [9.17, 15) is 4.79 Å². The second-order valence-electron chi connectivity index (χ2n) is 5.96. The number of ether oxygens (including phenoxy) is 1. The van der Waals surface area contributed by atoms with Crippen LogP contribution in [0, 0.1) is 6.92 Å². The van der Waals surface area contributed by atoms with Crippen molar-refractivity contribution < 1.29 is 9.53 Å². The van der Waals surface area contributed by atoms with Crippen molar-refractivity contribution in [2.24, 2.45) is 0 Å². The quantitative estimate of drug-likeness (QED) is 0.626. The molecule has 1 heterocycles. The zero-order valence-corrected chi connectivity index (χ0v) is 14.7. The van der Waals surface area contributed by atoms with Gasteiger partial charge in [-0.15, -0.1) is 0 Å². The van der Waals surface area contributed by atoms with E-state index >= 15 is 0 Å². The van der Waals surface area contributed by atoms with Crippen LogP contribution in [0.4, 0.5) is 0 Å². The zero-order chi connectivity index (χ0) is 17.8. The van der Waals surface area contributed by atoms with E-state index in [1.54, 1.807) is 0 Å². The molecular formula is C22H21NO2. The summed E-state index contributed by atoms with van der Waals surface area (Å²) in [6.45, 7) is 4.03. The molecule has 0 atom stereocenters. The Kier molecular flexibility index (Phi) is 4.94. The van der Waals surface area contributed by atoms with Crippen molar-refractivity contribution in [3.63, 3.8) is 0 Å². The molecule has 0 aliphatic carbocycles. The average molecular weight is 331 g/mol. The van der Waals surface area contributed by atoms with Gasteiger partial charge in [0.1, 0.15) is 0 Å². The van der Waals surface area contributed by atoms with Crippen LogP contribution in [0.15, 0.2) is 60.7 Å². The molecule has 3 heteroatoms. The van der Waals surface area contributed by atoms with Gasteiger partial charge in [0, 0.05) is 11.1 Å². The van der Waals surface area contributed by atoms with E-state index < -0.39 is 5.97 Å². The lowest BCUT2D eigenvalue weighted by Gasteiger charge is -2.14. The molecule has 0 aliphatic heterocycles. The summed E-state index contributed by atoms with van der Waals surface area (Å²) in [4.78, 5) is 16.7. The second-order valence-corrected chi connectivity index (χ2v) is 5.96. The number of esters is 1. The molecule has 3 aromatic rings. The standard InChI is InChI=1S/C22H21NO2/c1-4-16-10-12-17(13-11-16)19-14-15(2)20(22(24)25-3)23-21(19)18-8-6-5-7-9-18/h5-14H,4H2,1-3H3. The Balaban J connectivity index is 2.22. The maximum Gasteiger partial charge on any atom is 0.356 e. The van der Waals surface area contributed by atoms with Gasteiger partial charge in [0.2, 0.25) is 0 Å². The van der Waals surface area contributed by atoms with Gasteiger partial charge < -0.3 is 4.74 Å². The Morgan fingerprint density at radius 3 is 2.28 bits per heavy atom. The third kappa shape index (κ3) is 3.45. The zero-order valence-electron chi connectivity index (χ0n) is 14.7. The SMILES string of the molecule is CCc1ccc(-c2cc(C)c(C(=O)OC)nc2-c2ccccc2)cc1. The number of rotatable bonds is 4. The van der Waals surface area contributed by atoms with E-state index in [2.05, 4.69) is 36.2 Å². The summed E-state index contributed by atoms with van der Waals surface area (Å²) in [5.41, 5.74) is 6.32. The number of carbonyl (C=O) groups is 1. The van der Waals surface area contributed by atoms with Crippen LogP contribution in [0.5, 0.6) is 0 Å². The first-order chi connectivity index (χ1) is 12.1. The normalized spacial score (nSPS) is 10.5. The molecule has 2 aromatic carbocycles. The molecule has 0 amide bonds. The summed E-state index contributed by atoms with van der Waals surface area (Å²) in [7, 11) is 1.38. The van der Waals surface area contributed by atoms with Gasteiger partial charge in [-0.1, -0.05) is 61.5 Å². The van der Waals surface area contributed by atoms with Crippen molar-refractivity contribution >= 4 is 5.97 Å². The van der Waals surface area contributed by atoms with E-state index in [1.807, 2.05) is 43.3 Å². The third-order valence-electron chi connectivity index (χ3n) is 4.31. The molecule has 0 bridgehead atoms. The maximum atomic E-state index is 12.1. The smallest absolute Gasteiger partial charge is 0.356 e. The molecule has 0 spiro atoms. The third-order valence-corrected chi connectivity index (χ3v) is 4.31. The van der Waals surface area contributed by atoms with Gasteiger partial charge in [0.05, 0.1) is 12.8 Å². The van der Waals surface area contributed by atoms with Gasteiger partial charge >= 0.3 is 5.97 Å². The van der Waals surface area contributed by atoms with Crippen LogP contribution < -0.4 is 0 Å². The summed E-state index contributed by atoms with van der Waals surface area (Å²) in [6.07, 6.45) is 1.00. The summed E-state index contributed by atoms with van der Waals surface area (Å²) < 4.78 is 4.88. The van der Waals surface area contributed by atoms with E-state index in [0.717, 1.165) is 34.4 Å². The average Bonchev–Trinajstić information content (AvgIpc) is 2.68. The first kappa shape index (κ1) is 16.9. The number of nitrogens with zero attached hydrogens (tertiary/aromatic N) is 1. The highest BCUT2D eigenvalue weighted by atomic mass is 16.5. The summed E-state index contributed by atoms with van der Waals surface area (Å²) >= 11 is 0. The van der Waals surface area contributed by atoms with Gasteiger partial charge in [-0.05, 0) is 36.1 Å². The minimum atomic E-state index is -0.414. The summed E-state index contributed by atoms with van der Waals surface area (Å²) in [5.74, 6) is -0.414. The van der Waals surface area contributed by atoms with Crippen molar-refractivity contribution in [3.8, 4) is 22.4 Å². The van der Waals surface area contributed by atoms with Gasteiger partial charge in [0.25, 0.3) is 0 Å². The number of aryl methyl sites for hydroxylation is 2. The number of aromatic nitrogens is 1. The largest absolute Gasteiger partial charge is 0.464 e. The molecule has 3 nitrogen and oxygen atoms in total. The fraction of sp³-hybridized carbons (Fsp3) is 0.182. The molecule has 0 radical (unpaired) electrons. The van der Waals surface area contributed by atoms with Crippen LogP contribution in [-0.2, 0) is 11.2 Å². The number of methoxy groups -OCH3 is 1. The molecular weight excluding hydrogens is 310 g/mol. The van der Waals surface area contributed by atoms with Crippen molar-refractivity contribution in [1.29, 1.82) is 0 Å². The number of benzene rings is 2. The Hall–Kier alpha value is -2.94. The number of pyridine rings is 1. The Labute approximate surface area is 148 Å². The van der Waals surface area contributed by atoms with E-state index in [0.29, 0.717) is 5.69 Å². The van der Waals surface area contributed by atoms with E-state index in [1.165, 1.54) is 12.7 Å². The first-order valence-corrected chi connectivity index (χ1v) is 8.38. The van der Waals surface area contributed by atoms with Gasteiger partial charge in [-0.2, -0.15) is 0 Å². The van der Waals surface area contributed by atoms with Crippen LogP contribution in [0.3, 0.4) is 0 Å². The fourth-order valence-electron chi connectivity index (χ4n) is 2.87. The summed E-state index contributed by atoms with van der Waals surface area (Å²) in [5, 5.41) is 0.